The van der Waals surface area contributed by atoms with E-state index in [9.17, 15) is 18.0 Å². The molecule has 26 heavy (non-hydrogen) atoms. The maximum absolute atomic E-state index is 12.0. The van der Waals surface area contributed by atoms with E-state index in [2.05, 4.69) is 10.9 Å². The highest BCUT2D eigenvalue weighted by molar-refractivity contribution is 7.92. The Morgan fingerprint density at radius 1 is 0.923 bits per heavy atom. The van der Waals surface area contributed by atoms with E-state index in [0.29, 0.717) is 12.8 Å². The Hall–Kier alpha value is -2.38. The number of carbonyl (C=O) groups excluding carboxylic acids is 2. The summed E-state index contributed by atoms with van der Waals surface area (Å²) in [5.41, 5.74) is 5.47. The number of rotatable bonds is 7. The van der Waals surface area contributed by atoms with Gasteiger partial charge in [0.15, 0.2) is 9.84 Å². The molecule has 0 radical (unpaired) electrons. The Bertz CT molecular complexity index is 870. The van der Waals surface area contributed by atoms with Gasteiger partial charge in [-0.05, 0) is 30.5 Å². The Balaban J connectivity index is 1.77. The zero-order chi connectivity index (χ0) is 19.0. The molecule has 0 aliphatic carbocycles. The lowest BCUT2D eigenvalue weighted by atomic mass is 10.1. The zero-order valence-electron chi connectivity index (χ0n) is 13.9. The fourth-order valence-electron chi connectivity index (χ4n) is 2.29. The lowest BCUT2D eigenvalue weighted by molar-refractivity contribution is -0.119. The van der Waals surface area contributed by atoms with Crippen molar-refractivity contribution in [3.63, 3.8) is 0 Å². The van der Waals surface area contributed by atoms with Crippen LogP contribution >= 0.6 is 11.6 Å². The summed E-state index contributed by atoms with van der Waals surface area (Å²) in [5.74, 6) is -2.21. The Morgan fingerprint density at radius 3 is 2.27 bits per heavy atom. The largest absolute Gasteiger partial charge is 0.272 e. The van der Waals surface area contributed by atoms with Gasteiger partial charge in [-0.25, -0.2) is 8.42 Å². The molecule has 2 rings (SSSR count). The van der Waals surface area contributed by atoms with Crippen LogP contribution in [-0.4, -0.2) is 31.7 Å². The number of benzene rings is 2. The molecule has 2 N–H and O–H groups in total. The van der Waals surface area contributed by atoms with Gasteiger partial charge >= 0.3 is 0 Å². The van der Waals surface area contributed by atoms with Crippen LogP contribution in [0.15, 0.2) is 54.6 Å². The minimum Gasteiger partial charge on any atom is -0.272 e. The number of amides is 2. The highest BCUT2D eigenvalue weighted by Gasteiger charge is 2.17. The summed E-state index contributed by atoms with van der Waals surface area (Å²) in [6.45, 7) is 0. The van der Waals surface area contributed by atoms with Crippen molar-refractivity contribution < 1.29 is 18.0 Å². The molecule has 2 amide bonds. The molecule has 0 spiro atoms. The normalized spacial score (nSPS) is 11.0. The van der Waals surface area contributed by atoms with E-state index < -0.39 is 27.4 Å². The molecule has 0 fully saturated rings. The summed E-state index contributed by atoms with van der Waals surface area (Å²) < 4.78 is 24.0. The second-order valence-corrected chi connectivity index (χ2v) is 8.25. The summed E-state index contributed by atoms with van der Waals surface area (Å²) in [4.78, 5) is 23.7. The van der Waals surface area contributed by atoms with E-state index in [-0.39, 0.29) is 16.3 Å². The molecule has 138 valence electrons. The van der Waals surface area contributed by atoms with Crippen LogP contribution in [0.1, 0.15) is 22.3 Å². The van der Waals surface area contributed by atoms with E-state index in [4.69, 9.17) is 11.6 Å². The van der Waals surface area contributed by atoms with Gasteiger partial charge in [0.2, 0.25) is 0 Å². The van der Waals surface area contributed by atoms with Gasteiger partial charge in [-0.3, -0.25) is 20.4 Å². The molecule has 0 bridgehead atoms. The van der Waals surface area contributed by atoms with Crippen LogP contribution in [0.2, 0.25) is 5.02 Å². The minimum atomic E-state index is -3.56. The zero-order valence-corrected chi connectivity index (χ0v) is 15.5. The summed E-state index contributed by atoms with van der Waals surface area (Å²) in [6, 6.07) is 15.8. The lowest BCUT2D eigenvalue weighted by Gasteiger charge is -2.09. The highest BCUT2D eigenvalue weighted by atomic mass is 35.5. The van der Waals surface area contributed by atoms with Crippen LogP contribution in [0.5, 0.6) is 0 Å². The van der Waals surface area contributed by atoms with Crippen LogP contribution in [-0.2, 0) is 21.1 Å². The molecule has 2 aromatic rings. The van der Waals surface area contributed by atoms with Gasteiger partial charge in [0.25, 0.3) is 11.8 Å². The highest BCUT2D eigenvalue weighted by Crippen LogP contribution is 2.14. The topological polar surface area (TPSA) is 92.3 Å². The van der Waals surface area contributed by atoms with Crippen LogP contribution in [0.3, 0.4) is 0 Å². The molecule has 0 saturated heterocycles. The first kappa shape index (κ1) is 19.9. The Labute approximate surface area is 157 Å². The lowest BCUT2D eigenvalue weighted by Crippen LogP contribution is -2.44. The molecule has 0 aromatic heterocycles. The maximum atomic E-state index is 12.0. The average Bonchev–Trinajstić information content (AvgIpc) is 2.60. The minimum absolute atomic E-state index is 0.103. The van der Waals surface area contributed by atoms with E-state index in [1.165, 1.54) is 12.1 Å². The molecule has 6 nitrogen and oxygen atoms in total. The number of sulfone groups is 1. The van der Waals surface area contributed by atoms with Crippen LogP contribution in [0, 0.1) is 0 Å². The van der Waals surface area contributed by atoms with Gasteiger partial charge in [-0.1, -0.05) is 54.1 Å². The van der Waals surface area contributed by atoms with Crippen molar-refractivity contribution in [1.82, 2.24) is 10.9 Å². The molecule has 8 heteroatoms. The van der Waals surface area contributed by atoms with Gasteiger partial charge in [-0.15, -0.1) is 0 Å². The fraction of sp³-hybridized carbons (Fsp3) is 0.222. The quantitative estimate of drug-likeness (QED) is 0.704. The number of hydrogen-bond donors (Lipinski definition) is 2. The second kappa shape index (κ2) is 9.35. The predicted molar refractivity (Wildman–Crippen MR) is 100 cm³/mol. The summed E-state index contributed by atoms with van der Waals surface area (Å²) in [7, 11) is -3.56. The monoisotopic (exact) mass is 394 g/mol. The molecule has 0 heterocycles. The molecule has 0 saturated carbocycles. The van der Waals surface area contributed by atoms with Crippen molar-refractivity contribution in [2.45, 2.75) is 12.8 Å². The van der Waals surface area contributed by atoms with Crippen molar-refractivity contribution >= 4 is 33.3 Å². The number of nitrogens with one attached hydrogen (secondary N) is 2. The first-order valence-electron chi connectivity index (χ1n) is 7.95. The maximum Gasteiger partial charge on any atom is 0.271 e. The van der Waals surface area contributed by atoms with Gasteiger partial charge in [0.1, 0.15) is 5.75 Å². The van der Waals surface area contributed by atoms with Gasteiger partial charge in [0, 0.05) is 0 Å². The standard InChI is InChI=1S/C18H19ClN2O4S/c19-16-11-5-4-10-15(16)18(23)21-20-17(22)13-26(24,25)12-6-9-14-7-2-1-3-8-14/h1-5,7-8,10-11H,6,9,12-13H2,(H,20,22)(H,21,23). The Morgan fingerprint density at radius 2 is 1.58 bits per heavy atom. The average molecular weight is 395 g/mol. The van der Waals surface area contributed by atoms with Gasteiger partial charge in [-0.2, -0.15) is 0 Å². The third-order valence-corrected chi connectivity index (χ3v) is 5.49. The van der Waals surface area contributed by atoms with E-state index in [1.807, 2.05) is 30.3 Å². The summed E-state index contributed by atoms with van der Waals surface area (Å²) >= 11 is 5.88. The Kier molecular flexibility index (Phi) is 7.17. The van der Waals surface area contributed by atoms with Crippen molar-refractivity contribution in [3.8, 4) is 0 Å². The first-order chi connectivity index (χ1) is 12.4. The van der Waals surface area contributed by atoms with Crippen molar-refractivity contribution in [1.29, 1.82) is 0 Å². The molecule has 0 aliphatic rings. The summed E-state index contributed by atoms with van der Waals surface area (Å²) in [5, 5.41) is 0.229. The van der Waals surface area contributed by atoms with Crippen molar-refractivity contribution in [2.24, 2.45) is 0 Å². The van der Waals surface area contributed by atoms with Gasteiger partial charge < -0.3 is 0 Å². The van der Waals surface area contributed by atoms with Crippen LogP contribution in [0.4, 0.5) is 0 Å². The molecular weight excluding hydrogens is 376 g/mol. The van der Waals surface area contributed by atoms with E-state index in [1.54, 1.807) is 12.1 Å². The number of aryl methyl sites for hydroxylation is 1. The number of carbonyl (C=O) groups is 2. The third-order valence-electron chi connectivity index (χ3n) is 3.55. The van der Waals surface area contributed by atoms with Gasteiger partial charge in [0.05, 0.1) is 16.3 Å². The third kappa shape index (κ3) is 6.50. The van der Waals surface area contributed by atoms with Crippen LogP contribution < -0.4 is 10.9 Å². The molecule has 2 aromatic carbocycles. The van der Waals surface area contributed by atoms with E-state index >= 15 is 0 Å². The van der Waals surface area contributed by atoms with Crippen LogP contribution in [0.25, 0.3) is 0 Å². The number of hydrogen-bond acceptors (Lipinski definition) is 4. The molecule has 0 unspecified atom stereocenters. The fourth-order valence-corrected chi connectivity index (χ4v) is 3.71. The summed E-state index contributed by atoms with van der Waals surface area (Å²) in [6.07, 6.45) is 1.04. The molecule has 0 atom stereocenters. The van der Waals surface area contributed by atoms with E-state index in [0.717, 1.165) is 5.56 Å². The van der Waals surface area contributed by atoms with Crippen molar-refractivity contribution in [3.05, 3.63) is 70.7 Å². The molecular formula is C18H19ClN2O4S. The number of hydrazine groups is 1. The number of halogens is 1. The first-order valence-corrected chi connectivity index (χ1v) is 10.2. The second-order valence-electron chi connectivity index (χ2n) is 5.66. The SMILES string of the molecule is O=C(CS(=O)(=O)CCCc1ccccc1)NNC(=O)c1ccccc1Cl. The molecule has 0 aliphatic heterocycles. The van der Waals surface area contributed by atoms with Crippen molar-refractivity contribution in [2.75, 3.05) is 11.5 Å². The smallest absolute Gasteiger partial charge is 0.271 e. The predicted octanol–water partition coefficient (Wildman–Crippen LogP) is 2.15.